The van der Waals surface area contributed by atoms with Crippen LogP contribution in [0.15, 0.2) is 30.6 Å². The number of thiophene rings is 1. The van der Waals surface area contributed by atoms with Gasteiger partial charge < -0.3 is 15.0 Å². The second-order valence-corrected chi connectivity index (χ2v) is 8.63. The Hall–Kier alpha value is -3.38. The molecule has 0 radical (unpaired) electrons. The van der Waals surface area contributed by atoms with Gasteiger partial charge in [-0.25, -0.2) is 18.9 Å². The van der Waals surface area contributed by atoms with Crippen molar-refractivity contribution in [2.75, 3.05) is 30.8 Å². The van der Waals surface area contributed by atoms with E-state index >= 15 is 0 Å². The normalized spacial score (nSPS) is 10.6. The Morgan fingerprint density at radius 2 is 2.00 bits per heavy atom. The van der Waals surface area contributed by atoms with E-state index in [2.05, 4.69) is 20.7 Å². The summed E-state index contributed by atoms with van der Waals surface area (Å²) < 4.78 is 19.8. The fraction of sp³-hybridized carbons (Fsp3) is 0.318. The van der Waals surface area contributed by atoms with Gasteiger partial charge >= 0.3 is 5.97 Å². The van der Waals surface area contributed by atoms with Crippen LogP contribution in [-0.2, 0) is 11.3 Å². The fourth-order valence-electron chi connectivity index (χ4n) is 3.29. The van der Waals surface area contributed by atoms with Gasteiger partial charge in [0.2, 0.25) is 5.95 Å². The van der Waals surface area contributed by atoms with Gasteiger partial charge in [0.05, 0.1) is 24.1 Å². The molecule has 1 aromatic carbocycles. The number of amides is 1. The van der Waals surface area contributed by atoms with Gasteiger partial charge in [-0.1, -0.05) is 12.1 Å². The van der Waals surface area contributed by atoms with Crippen molar-refractivity contribution in [1.29, 1.82) is 0 Å². The number of carbonyl (C=O) groups is 2. The average molecular weight is 505 g/mol. The molecule has 0 aliphatic heterocycles. The van der Waals surface area contributed by atoms with Gasteiger partial charge in [-0.05, 0) is 56.2 Å². The molecule has 0 aliphatic rings. The second kappa shape index (κ2) is 11.2. The number of rotatable bonds is 8. The van der Waals surface area contributed by atoms with Crippen LogP contribution in [0.3, 0.4) is 0 Å². The van der Waals surface area contributed by atoms with E-state index in [4.69, 9.17) is 17.0 Å². The summed E-state index contributed by atoms with van der Waals surface area (Å²) in [4.78, 5) is 31.6. The fourth-order valence-corrected chi connectivity index (χ4v) is 4.72. The second-order valence-electron chi connectivity index (χ2n) is 7.20. The minimum Gasteiger partial charge on any atom is -0.465 e. The van der Waals surface area contributed by atoms with E-state index in [1.807, 2.05) is 13.8 Å². The number of carbonyl (C=O) groups excluding carboxylic acids is 2. The average Bonchev–Trinajstić information content (AvgIpc) is 3.37. The predicted molar refractivity (Wildman–Crippen MR) is 133 cm³/mol. The first-order chi connectivity index (χ1) is 16.3. The number of benzene rings is 1. The van der Waals surface area contributed by atoms with Gasteiger partial charge in [-0.15, -0.1) is 16.4 Å². The van der Waals surface area contributed by atoms with Crippen molar-refractivity contribution in [1.82, 2.24) is 19.7 Å². The first-order valence-electron chi connectivity index (χ1n) is 10.5. The van der Waals surface area contributed by atoms with Gasteiger partial charge in [0.25, 0.3) is 5.91 Å². The smallest absolute Gasteiger partial charge is 0.341 e. The zero-order valence-electron chi connectivity index (χ0n) is 19.2. The van der Waals surface area contributed by atoms with Crippen molar-refractivity contribution in [3.05, 3.63) is 58.0 Å². The molecule has 0 saturated heterocycles. The Bertz CT molecular complexity index is 1210. The van der Waals surface area contributed by atoms with Crippen LogP contribution in [0, 0.1) is 12.7 Å². The third-order valence-corrected chi connectivity index (χ3v) is 6.40. The molecule has 34 heavy (non-hydrogen) atoms. The monoisotopic (exact) mass is 504 g/mol. The summed E-state index contributed by atoms with van der Waals surface area (Å²) in [7, 11) is 1.28. The SMILES string of the molecule is CCN(CC)C(=O)c1sc(NC(=S)Nc2ncn(Cc3cccc(F)c3)n2)c(C(=O)OC)c1C. The first-order valence-corrected chi connectivity index (χ1v) is 11.7. The van der Waals surface area contributed by atoms with E-state index < -0.39 is 5.97 Å². The third-order valence-electron chi connectivity index (χ3n) is 5.00. The number of anilines is 2. The molecule has 3 aromatic rings. The van der Waals surface area contributed by atoms with Crippen LogP contribution in [0.2, 0.25) is 0 Å². The summed E-state index contributed by atoms with van der Waals surface area (Å²) in [5.74, 6) is -0.841. The van der Waals surface area contributed by atoms with E-state index in [-0.39, 0.29) is 28.3 Å². The van der Waals surface area contributed by atoms with Crippen LogP contribution in [0.5, 0.6) is 0 Å². The van der Waals surface area contributed by atoms with Crippen LogP contribution in [-0.4, -0.2) is 56.9 Å². The number of nitrogens with zero attached hydrogens (tertiary/aromatic N) is 4. The summed E-state index contributed by atoms with van der Waals surface area (Å²) in [6.45, 7) is 6.92. The van der Waals surface area contributed by atoms with E-state index in [0.29, 0.717) is 35.1 Å². The Morgan fingerprint density at radius 3 is 2.65 bits per heavy atom. The van der Waals surface area contributed by atoms with E-state index in [0.717, 1.165) is 16.9 Å². The lowest BCUT2D eigenvalue weighted by Crippen LogP contribution is -2.30. The lowest BCUT2D eigenvalue weighted by molar-refractivity contribution is 0.0601. The summed E-state index contributed by atoms with van der Waals surface area (Å²) >= 11 is 6.50. The molecule has 2 heterocycles. The zero-order chi connectivity index (χ0) is 24.8. The molecule has 0 bridgehead atoms. The lowest BCUT2D eigenvalue weighted by Gasteiger charge is -2.17. The topological polar surface area (TPSA) is 101 Å². The molecule has 180 valence electrons. The van der Waals surface area contributed by atoms with E-state index in [9.17, 15) is 14.0 Å². The quantitative estimate of drug-likeness (QED) is 0.352. The van der Waals surface area contributed by atoms with Gasteiger partial charge in [0.1, 0.15) is 17.1 Å². The molecule has 9 nitrogen and oxygen atoms in total. The molecule has 2 aromatic heterocycles. The highest BCUT2D eigenvalue weighted by Gasteiger charge is 2.27. The standard InChI is InChI=1S/C22H25FN6O3S2/c1-5-28(6-2)19(30)17-13(3)16(20(31)32-4)18(34-17)25-22(33)26-21-24-12-29(27-21)11-14-8-7-9-15(23)10-14/h7-10,12H,5-6,11H2,1-4H3,(H2,25,26,27,33). The summed E-state index contributed by atoms with van der Waals surface area (Å²) in [5.41, 5.74) is 1.51. The van der Waals surface area contributed by atoms with Gasteiger partial charge in [0.15, 0.2) is 5.11 Å². The summed E-state index contributed by atoms with van der Waals surface area (Å²) in [5, 5.41) is 10.6. The number of hydrogen-bond acceptors (Lipinski definition) is 7. The van der Waals surface area contributed by atoms with Crippen molar-refractivity contribution in [3.63, 3.8) is 0 Å². The molecular weight excluding hydrogens is 479 g/mol. The molecule has 2 N–H and O–H groups in total. The maximum atomic E-state index is 13.4. The lowest BCUT2D eigenvalue weighted by atomic mass is 10.1. The Balaban J connectivity index is 1.76. The molecule has 1 amide bonds. The van der Waals surface area contributed by atoms with Crippen molar-refractivity contribution < 1.29 is 18.7 Å². The number of ether oxygens (including phenoxy) is 1. The largest absolute Gasteiger partial charge is 0.465 e. The van der Waals surface area contributed by atoms with Crippen LogP contribution in [0.1, 0.15) is 45.0 Å². The number of methoxy groups -OCH3 is 1. The van der Waals surface area contributed by atoms with Crippen molar-refractivity contribution in [2.24, 2.45) is 0 Å². The minimum absolute atomic E-state index is 0.136. The molecular formula is C22H25FN6O3S2. The van der Waals surface area contributed by atoms with Gasteiger partial charge in [0, 0.05) is 13.1 Å². The molecule has 12 heteroatoms. The van der Waals surface area contributed by atoms with E-state index in [1.54, 1.807) is 24.0 Å². The van der Waals surface area contributed by atoms with Crippen LogP contribution in [0.4, 0.5) is 15.3 Å². The highest BCUT2D eigenvalue weighted by atomic mass is 32.1. The molecule has 0 aliphatic carbocycles. The molecule has 0 atom stereocenters. The van der Waals surface area contributed by atoms with Crippen LogP contribution < -0.4 is 10.6 Å². The zero-order valence-corrected chi connectivity index (χ0v) is 20.8. The Kier molecular flexibility index (Phi) is 8.29. The first kappa shape index (κ1) is 25.2. The van der Waals surface area contributed by atoms with E-state index in [1.165, 1.54) is 30.3 Å². The molecule has 0 fully saturated rings. The Morgan fingerprint density at radius 1 is 1.26 bits per heavy atom. The minimum atomic E-state index is -0.574. The third kappa shape index (κ3) is 5.75. The molecule has 0 saturated carbocycles. The number of hydrogen-bond donors (Lipinski definition) is 2. The van der Waals surface area contributed by atoms with Crippen LogP contribution in [0.25, 0.3) is 0 Å². The maximum Gasteiger partial charge on any atom is 0.341 e. The van der Waals surface area contributed by atoms with Gasteiger partial charge in [-0.3, -0.25) is 10.1 Å². The summed E-state index contributed by atoms with van der Waals surface area (Å²) in [6.07, 6.45) is 1.49. The Labute approximate surface area is 205 Å². The highest BCUT2D eigenvalue weighted by molar-refractivity contribution is 7.80. The van der Waals surface area contributed by atoms with Crippen molar-refractivity contribution in [3.8, 4) is 0 Å². The van der Waals surface area contributed by atoms with Crippen LogP contribution >= 0.6 is 23.6 Å². The highest BCUT2D eigenvalue weighted by Crippen LogP contribution is 2.34. The van der Waals surface area contributed by atoms with Crippen molar-refractivity contribution in [2.45, 2.75) is 27.3 Å². The number of aromatic nitrogens is 3. The number of halogens is 1. The maximum absolute atomic E-state index is 13.4. The number of esters is 1. The number of nitrogens with one attached hydrogen (secondary N) is 2. The predicted octanol–water partition coefficient (Wildman–Crippen LogP) is 3.91. The molecule has 0 unspecified atom stereocenters. The number of thiocarbonyl (C=S) groups is 1. The summed E-state index contributed by atoms with van der Waals surface area (Å²) in [6, 6.07) is 6.21. The van der Waals surface area contributed by atoms with Gasteiger partial charge in [-0.2, -0.15) is 0 Å². The van der Waals surface area contributed by atoms with Crippen molar-refractivity contribution >= 4 is 51.5 Å². The molecule has 0 spiro atoms. The molecule has 3 rings (SSSR count).